The second kappa shape index (κ2) is 6.42. The van der Waals surface area contributed by atoms with E-state index in [0.717, 1.165) is 44.7 Å². The van der Waals surface area contributed by atoms with Gasteiger partial charge in [-0.25, -0.2) is 4.68 Å². The van der Waals surface area contributed by atoms with E-state index in [9.17, 15) is 4.79 Å². The molecule has 1 heterocycles. The van der Waals surface area contributed by atoms with Crippen LogP contribution in [0, 0.1) is 29.6 Å². The Morgan fingerprint density at radius 2 is 2.04 bits per heavy atom. The van der Waals surface area contributed by atoms with Gasteiger partial charge in [-0.05, 0) is 72.6 Å². The highest BCUT2D eigenvalue weighted by Gasteiger charge is 2.36. The van der Waals surface area contributed by atoms with E-state index < -0.39 is 0 Å². The first kappa shape index (κ1) is 14.8. The molecule has 0 spiro atoms. The van der Waals surface area contributed by atoms with Gasteiger partial charge in [0.2, 0.25) is 5.91 Å². The van der Waals surface area contributed by atoms with Crippen LogP contribution >= 0.6 is 0 Å². The van der Waals surface area contributed by atoms with Gasteiger partial charge in [0.25, 0.3) is 0 Å². The van der Waals surface area contributed by atoms with E-state index in [1.807, 2.05) is 0 Å². The third kappa shape index (κ3) is 3.31. The van der Waals surface area contributed by atoms with Crippen LogP contribution in [0.1, 0.15) is 38.5 Å². The summed E-state index contributed by atoms with van der Waals surface area (Å²) in [7, 11) is 0. The highest BCUT2D eigenvalue weighted by atomic mass is 16.1. The number of hydrogen-bond donors (Lipinski definition) is 1. The van der Waals surface area contributed by atoms with Gasteiger partial charge in [-0.3, -0.25) is 4.79 Å². The molecule has 124 valence electrons. The van der Waals surface area contributed by atoms with Crippen molar-refractivity contribution < 1.29 is 4.79 Å². The predicted octanol–water partition coefficient (Wildman–Crippen LogP) is 1.81. The molecule has 2 fully saturated rings. The fourth-order valence-electron chi connectivity index (χ4n) is 4.64. The lowest BCUT2D eigenvalue weighted by Crippen LogP contribution is -2.37. The van der Waals surface area contributed by atoms with Crippen LogP contribution < -0.4 is 5.32 Å². The molecule has 1 N–H and O–H groups in total. The zero-order valence-electron chi connectivity index (χ0n) is 13.5. The maximum Gasteiger partial charge on any atom is 0.223 e. The van der Waals surface area contributed by atoms with Gasteiger partial charge < -0.3 is 5.32 Å². The topological polar surface area (TPSA) is 72.7 Å². The van der Waals surface area contributed by atoms with Crippen LogP contribution in [0.4, 0.5) is 0 Å². The number of nitrogens with one attached hydrogen (secondary N) is 1. The van der Waals surface area contributed by atoms with E-state index in [0.29, 0.717) is 17.8 Å². The Morgan fingerprint density at radius 3 is 2.70 bits per heavy atom. The van der Waals surface area contributed by atoms with E-state index in [1.165, 1.54) is 12.8 Å². The van der Waals surface area contributed by atoms with Gasteiger partial charge in [0.15, 0.2) is 0 Å². The molecular formula is C17H25N5O. The molecule has 3 atom stereocenters. The molecule has 0 unspecified atom stereocenters. The summed E-state index contributed by atoms with van der Waals surface area (Å²) in [6, 6.07) is 0. The predicted molar refractivity (Wildman–Crippen MR) is 85.1 cm³/mol. The van der Waals surface area contributed by atoms with Crippen molar-refractivity contribution in [2.24, 2.45) is 29.6 Å². The van der Waals surface area contributed by atoms with Crippen LogP contribution in [0.5, 0.6) is 0 Å². The van der Waals surface area contributed by atoms with Crippen LogP contribution in [-0.4, -0.2) is 32.7 Å². The molecule has 2 saturated carbocycles. The molecule has 6 nitrogen and oxygen atoms in total. The number of amides is 1. The average Bonchev–Trinajstić information content (AvgIpc) is 3.31. The number of nitrogens with zero attached hydrogens (tertiary/aromatic N) is 4. The number of allylic oxidation sites excluding steroid dienone is 2. The van der Waals surface area contributed by atoms with Gasteiger partial charge in [0, 0.05) is 19.0 Å². The average molecular weight is 315 g/mol. The van der Waals surface area contributed by atoms with E-state index in [4.69, 9.17) is 0 Å². The summed E-state index contributed by atoms with van der Waals surface area (Å²) in [5, 5.41) is 14.5. The van der Waals surface area contributed by atoms with Crippen molar-refractivity contribution in [3.05, 3.63) is 18.5 Å². The number of fused-ring (bicyclic) bond motifs is 2. The summed E-state index contributed by atoms with van der Waals surface area (Å²) in [6.07, 6.45) is 13.1. The molecule has 0 aromatic carbocycles. The monoisotopic (exact) mass is 315 g/mol. The van der Waals surface area contributed by atoms with Crippen molar-refractivity contribution in [3.63, 3.8) is 0 Å². The number of hydrogen-bond acceptors (Lipinski definition) is 4. The molecule has 6 heteroatoms. The Labute approximate surface area is 136 Å². The zero-order chi connectivity index (χ0) is 15.6. The Morgan fingerprint density at radius 1 is 1.17 bits per heavy atom. The van der Waals surface area contributed by atoms with Crippen LogP contribution in [0.25, 0.3) is 0 Å². The van der Waals surface area contributed by atoms with E-state index in [1.54, 1.807) is 11.0 Å². The Hall–Kier alpha value is -1.72. The summed E-state index contributed by atoms with van der Waals surface area (Å²) in [5.41, 5.74) is 0. The first-order valence-corrected chi connectivity index (χ1v) is 8.94. The summed E-state index contributed by atoms with van der Waals surface area (Å²) in [4.78, 5) is 12.4. The van der Waals surface area contributed by atoms with E-state index >= 15 is 0 Å². The third-order valence-electron chi connectivity index (χ3n) is 6.01. The first-order chi connectivity index (χ1) is 11.3. The zero-order valence-corrected chi connectivity index (χ0v) is 13.5. The third-order valence-corrected chi connectivity index (χ3v) is 6.01. The SMILES string of the molecule is O=C(NC[C@H]1C[C@@H]2C=C[C@H]1C2)C1CCC(Cn2cnnn2)CC1. The molecule has 0 saturated heterocycles. The maximum absolute atomic E-state index is 12.4. The van der Waals surface area contributed by atoms with Gasteiger partial charge in [-0.1, -0.05) is 12.2 Å². The summed E-state index contributed by atoms with van der Waals surface area (Å²) in [6.45, 7) is 1.74. The van der Waals surface area contributed by atoms with Gasteiger partial charge >= 0.3 is 0 Å². The molecular weight excluding hydrogens is 290 g/mol. The normalized spacial score (nSPS) is 35.6. The van der Waals surface area contributed by atoms with Crippen molar-refractivity contribution >= 4 is 5.91 Å². The minimum atomic E-state index is 0.203. The number of carbonyl (C=O) groups excluding carboxylic acids is 1. The fourth-order valence-corrected chi connectivity index (χ4v) is 4.64. The molecule has 4 rings (SSSR count). The largest absolute Gasteiger partial charge is 0.356 e. The fraction of sp³-hybridized carbons (Fsp3) is 0.765. The summed E-state index contributed by atoms with van der Waals surface area (Å²) < 4.78 is 1.80. The number of rotatable bonds is 5. The Kier molecular flexibility index (Phi) is 4.14. The summed E-state index contributed by atoms with van der Waals surface area (Å²) >= 11 is 0. The van der Waals surface area contributed by atoms with E-state index in [2.05, 4.69) is 33.0 Å². The molecule has 1 aromatic heterocycles. The van der Waals surface area contributed by atoms with Crippen LogP contribution in [-0.2, 0) is 11.3 Å². The molecule has 3 aliphatic carbocycles. The van der Waals surface area contributed by atoms with Crippen molar-refractivity contribution in [1.29, 1.82) is 0 Å². The molecule has 2 bridgehead atoms. The highest BCUT2D eigenvalue weighted by molar-refractivity contribution is 5.78. The lowest BCUT2D eigenvalue weighted by molar-refractivity contribution is -0.126. The van der Waals surface area contributed by atoms with Crippen molar-refractivity contribution in [2.75, 3.05) is 6.54 Å². The van der Waals surface area contributed by atoms with Crippen molar-refractivity contribution in [2.45, 2.75) is 45.1 Å². The van der Waals surface area contributed by atoms with E-state index in [-0.39, 0.29) is 11.8 Å². The quantitative estimate of drug-likeness (QED) is 0.841. The lowest BCUT2D eigenvalue weighted by atomic mass is 9.81. The molecule has 23 heavy (non-hydrogen) atoms. The number of aromatic nitrogens is 4. The maximum atomic E-state index is 12.4. The van der Waals surface area contributed by atoms with Gasteiger partial charge in [0.05, 0.1) is 0 Å². The first-order valence-electron chi connectivity index (χ1n) is 8.94. The second-order valence-electron chi connectivity index (χ2n) is 7.53. The minimum absolute atomic E-state index is 0.203. The number of tetrazole rings is 1. The standard InChI is InChI=1S/C17H25N5O/c23-17(18-9-16-8-13-3-6-15(16)7-13)14-4-1-12(2-5-14)10-22-11-19-20-21-22/h3,6,11-16H,1-2,4-5,7-10H2,(H,18,23)/t12?,13-,14?,15+,16-/m1/s1. The van der Waals surface area contributed by atoms with Gasteiger partial charge in [-0.15, -0.1) is 5.10 Å². The molecule has 3 aliphatic rings. The molecule has 1 aromatic rings. The Bertz CT molecular complexity index is 562. The molecule has 1 amide bonds. The van der Waals surface area contributed by atoms with Crippen LogP contribution in [0.15, 0.2) is 18.5 Å². The minimum Gasteiger partial charge on any atom is -0.356 e. The number of carbonyl (C=O) groups is 1. The van der Waals surface area contributed by atoms with Crippen LogP contribution in [0.3, 0.4) is 0 Å². The van der Waals surface area contributed by atoms with Crippen molar-refractivity contribution in [3.8, 4) is 0 Å². The lowest BCUT2D eigenvalue weighted by Gasteiger charge is -2.28. The molecule has 0 radical (unpaired) electrons. The van der Waals surface area contributed by atoms with Crippen molar-refractivity contribution in [1.82, 2.24) is 25.5 Å². The van der Waals surface area contributed by atoms with Gasteiger partial charge in [0.1, 0.15) is 6.33 Å². The highest BCUT2D eigenvalue weighted by Crippen LogP contribution is 2.43. The second-order valence-corrected chi connectivity index (χ2v) is 7.53. The molecule has 0 aliphatic heterocycles. The Balaban J connectivity index is 1.19. The summed E-state index contributed by atoms with van der Waals surface area (Å²) in [5.74, 6) is 3.24. The smallest absolute Gasteiger partial charge is 0.223 e. The van der Waals surface area contributed by atoms with Gasteiger partial charge in [-0.2, -0.15) is 0 Å². The van der Waals surface area contributed by atoms with Crippen LogP contribution in [0.2, 0.25) is 0 Å².